The quantitative estimate of drug-likeness (QED) is 0.736. The second kappa shape index (κ2) is 7.25. The van der Waals surface area contributed by atoms with Crippen LogP contribution in [0.1, 0.15) is 18.5 Å². The van der Waals surface area contributed by atoms with Gasteiger partial charge in [-0.1, -0.05) is 6.07 Å². The van der Waals surface area contributed by atoms with Gasteiger partial charge < -0.3 is 14.8 Å². The Morgan fingerprint density at radius 3 is 3.28 bits per heavy atom. The SMILES string of the molecule is O=C(Cc1cn2ccsc2n1)Nc1cccc(OCC2CCCO2)c1. The summed E-state index contributed by atoms with van der Waals surface area (Å²) in [6.45, 7) is 1.36. The van der Waals surface area contributed by atoms with Gasteiger partial charge in [0.15, 0.2) is 4.96 Å². The third-order valence-electron chi connectivity index (χ3n) is 4.06. The normalized spacial score (nSPS) is 17.0. The van der Waals surface area contributed by atoms with E-state index in [1.807, 2.05) is 46.4 Å². The van der Waals surface area contributed by atoms with E-state index in [2.05, 4.69) is 10.3 Å². The summed E-state index contributed by atoms with van der Waals surface area (Å²) in [4.78, 5) is 17.6. The molecule has 1 amide bonds. The zero-order chi connectivity index (χ0) is 17.1. The van der Waals surface area contributed by atoms with Gasteiger partial charge in [0.2, 0.25) is 5.91 Å². The third-order valence-corrected chi connectivity index (χ3v) is 4.83. The number of hydrogen-bond donors (Lipinski definition) is 1. The number of imidazole rings is 1. The minimum atomic E-state index is -0.0953. The second-order valence-corrected chi connectivity index (χ2v) is 6.90. The van der Waals surface area contributed by atoms with Crippen molar-refractivity contribution < 1.29 is 14.3 Å². The molecule has 0 bridgehead atoms. The molecular weight excluding hydrogens is 338 g/mol. The maximum atomic E-state index is 12.2. The number of rotatable bonds is 6. The molecule has 2 aromatic heterocycles. The zero-order valence-electron chi connectivity index (χ0n) is 13.7. The Hall–Kier alpha value is -2.38. The molecule has 1 fully saturated rings. The van der Waals surface area contributed by atoms with Crippen molar-refractivity contribution >= 4 is 27.9 Å². The number of benzene rings is 1. The molecule has 130 valence electrons. The monoisotopic (exact) mass is 357 g/mol. The Balaban J connectivity index is 1.33. The predicted octanol–water partition coefficient (Wildman–Crippen LogP) is 3.13. The van der Waals surface area contributed by atoms with E-state index in [0.717, 1.165) is 41.5 Å². The van der Waals surface area contributed by atoms with Crippen molar-refractivity contribution in [2.75, 3.05) is 18.5 Å². The Labute approximate surface area is 149 Å². The molecule has 4 rings (SSSR count). The van der Waals surface area contributed by atoms with Crippen molar-refractivity contribution in [3.05, 3.63) is 47.7 Å². The van der Waals surface area contributed by atoms with Crippen LogP contribution in [0, 0.1) is 0 Å². The highest BCUT2D eigenvalue weighted by molar-refractivity contribution is 7.15. The van der Waals surface area contributed by atoms with Crippen molar-refractivity contribution in [1.29, 1.82) is 0 Å². The number of nitrogens with one attached hydrogen (secondary N) is 1. The van der Waals surface area contributed by atoms with Gasteiger partial charge in [0.25, 0.3) is 0 Å². The first-order valence-corrected chi connectivity index (χ1v) is 9.19. The van der Waals surface area contributed by atoms with Crippen LogP contribution in [-0.4, -0.2) is 34.6 Å². The summed E-state index contributed by atoms with van der Waals surface area (Å²) in [7, 11) is 0. The van der Waals surface area contributed by atoms with Crippen molar-refractivity contribution in [3.8, 4) is 5.75 Å². The number of fused-ring (bicyclic) bond motifs is 1. The minimum absolute atomic E-state index is 0.0953. The van der Waals surface area contributed by atoms with Crippen LogP contribution in [0.2, 0.25) is 0 Å². The van der Waals surface area contributed by atoms with Gasteiger partial charge in [0, 0.05) is 36.1 Å². The van der Waals surface area contributed by atoms with Crippen molar-refractivity contribution in [2.45, 2.75) is 25.4 Å². The maximum Gasteiger partial charge on any atom is 0.230 e. The molecular formula is C18H19N3O3S. The van der Waals surface area contributed by atoms with Gasteiger partial charge in [-0.15, -0.1) is 11.3 Å². The van der Waals surface area contributed by atoms with Gasteiger partial charge >= 0.3 is 0 Å². The lowest BCUT2D eigenvalue weighted by atomic mass is 10.2. The Morgan fingerprint density at radius 2 is 2.44 bits per heavy atom. The van der Waals surface area contributed by atoms with E-state index in [1.54, 1.807) is 11.3 Å². The minimum Gasteiger partial charge on any atom is -0.491 e. The highest BCUT2D eigenvalue weighted by Gasteiger charge is 2.16. The average molecular weight is 357 g/mol. The van der Waals surface area contributed by atoms with Gasteiger partial charge in [-0.05, 0) is 25.0 Å². The largest absolute Gasteiger partial charge is 0.491 e. The first-order chi connectivity index (χ1) is 12.3. The predicted molar refractivity (Wildman–Crippen MR) is 96.3 cm³/mol. The molecule has 0 aliphatic carbocycles. The molecule has 1 aromatic carbocycles. The van der Waals surface area contributed by atoms with Gasteiger partial charge in [0.05, 0.1) is 18.2 Å². The molecule has 3 heterocycles. The van der Waals surface area contributed by atoms with Gasteiger partial charge in [0.1, 0.15) is 12.4 Å². The van der Waals surface area contributed by atoms with Crippen LogP contribution < -0.4 is 10.1 Å². The van der Waals surface area contributed by atoms with Crippen LogP contribution >= 0.6 is 11.3 Å². The van der Waals surface area contributed by atoms with Crippen molar-refractivity contribution in [2.24, 2.45) is 0 Å². The first kappa shape index (κ1) is 16.1. The van der Waals surface area contributed by atoms with Crippen LogP contribution in [0.4, 0.5) is 5.69 Å². The molecule has 0 saturated carbocycles. The Morgan fingerprint density at radius 1 is 1.48 bits per heavy atom. The van der Waals surface area contributed by atoms with Gasteiger partial charge in [-0.2, -0.15) is 0 Å². The fourth-order valence-corrected chi connectivity index (χ4v) is 3.58. The molecule has 6 nitrogen and oxygen atoms in total. The van der Waals surface area contributed by atoms with Crippen molar-refractivity contribution in [3.63, 3.8) is 0 Å². The Kier molecular flexibility index (Phi) is 4.67. The number of thiazole rings is 1. The summed E-state index contributed by atoms with van der Waals surface area (Å²) in [6, 6.07) is 7.43. The molecule has 1 unspecified atom stereocenters. The Bertz CT molecular complexity index is 839. The molecule has 1 atom stereocenters. The molecule has 0 spiro atoms. The topological polar surface area (TPSA) is 64.9 Å². The number of aromatic nitrogens is 2. The number of carbonyl (C=O) groups is 1. The number of hydrogen-bond acceptors (Lipinski definition) is 5. The highest BCUT2D eigenvalue weighted by Crippen LogP contribution is 2.20. The maximum absolute atomic E-state index is 12.2. The molecule has 7 heteroatoms. The lowest BCUT2D eigenvalue weighted by Gasteiger charge is -2.12. The zero-order valence-corrected chi connectivity index (χ0v) is 14.5. The third kappa shape index (κ3) is 4.00. The molecule has 25 heavy (non-hydrogen) atoms. The summed E-state index contributed by atoms with van der Waals surface area (Å²) in [6.07, 6.45) is 6.37. The molecule has 1 aliphatic rings. The molecule has 1 saturated heterocycles. The second-order valence-electron chi connectivity index (χ2n) is 6.02. The number of anilines is 1. The summed E-state index contributed by atoms with van der Waals surface area (Å²) < 4.78 is 13.2. The first-order valence-electron chi connectivity index (χ1n) is 8.32. The lowest BCUT2D eigenvalue weighted by Crippen LogP contribution is -2.17. The van der Waals surface area contributed by atoms with Gasteiger partial charge in [-0.3, -0.25) is 9.20 Å². The van der Waals surface area contributed by atoms with Crippen LogP contribution in [0.15, 0.2) is 42.0 Å². The van der Waals surface area contributed by atoms with Crippen LogP contribution in [0.25, 0.3) is 4.96 Å². The molecule has 0 radical (unpaired) electrons. The highest BCUT2D eigenvalue weighted by atomic mass is 32.1. The molecule has 1 aliphatic heterocycles. The molecule has 3 aromatic rings. The van der Waals surface area contributed by atoms with E-state index in [1.165, 1.54) is 0 Å². The number of nitrogens with zero attached hydrogens (tertiary/aromatic N) is 2. The van der Waals surface area contributed by atoms with Gasteiger partial charge in [-0.25, -0.2) is 4.98 Å². The summed E-state index contributed by atoms with van der Waals surface area (Å²) in [5.74, 6) is 0.637. The average Bonchev–Trinajstić information content (AvgIpc) is 3.30. The smallest absolute Gasteiger partial charge is 0.230 e. The fraction of sp³-hybridized carbons (Fsp3) is 0.333. The van der Waals surface area contributed by atoms with E-state index in [4.69, 9.17) is 9.47 Å². The van der Waals surface area contributed by atoms with Crippen LogP contribution in [-0.2, 0) is 16.0 Å². The van der Waals surface area contributed by atoms with E-state index in [9.17, 15) is 4.79 Å². The van der Waals surface area contributed by atoms with Crippen LogP contribution in [0.5, 0.6) is 5.75 Å². The van der Waals surface area contributed by atoms with E-state index in [-0.39, 0.29) is 18.4 Å². The van der Waals surface area contributed by atoms with E-state index < -0.39 is 0 Å². The number of amides is 1. The number of carbonyl (C=O) groups excluding carboxylic acids is 1. The van der Waals surface area contributed by atoms with E-state index >= 15 is 0 Å². The molecule has 1 N–H and O–H groups in total. The van der Waals surface area contributed by atoms with E-state index in [0.29, 0.717) is 6.61 Å². The van der Waals surface area contributed by atoms with Crippen LogP contribution in [0.3, 0.4) is 0 Å². The number of ether oxygens (including phenoxy) is 2. The summed E-state index contributed by atoms with van der Waals surface area (Å²) in [5, 5.41) is 4.87. The lowest BCUT2D eigenvalue weighted by molar-refractivity contribution is -0.115. The fourth-order valence-electron chi connectivity index (χ4n) is 2.86. The van der Waals surface area contributed by atoms with Crippen molar-refractivity contribution in [1.82, 2.24) is 9.38 Å². The standard InChI is InChI=1S/C18H19N3O3S/c22-17(10-14-11-21-6-8-25-18(21)20-14)19-13-3-1-4-15(9-13)24-12-16-5-2-7-23-16/h1,3-4,6,8-9,11,16H,2,5,7,10,12H2,(H,19,22). The summed E-state index contributed by atoms with van der Waals surface area (Å²) in [5.41, 5.74) is 1.48. The summed E-state index contributed by atoms with van der Waals surface area (Å²) >= 11 is 1.55.